The van der Waals surface area contributed by atoms with Crippen LogP contribution in [0.25, 0.3) is 22.0 Å². The van der Waals surface area contributed by atoms with E-state index in [1.807, 2.05) is 79.7 Å². The Morgan fingerprint density at radius 3 is 2.23 bits per heavy atom. The average molecular weight is 419 g/mol. The number of rotatable bonds is 3. The molecule has 1 aliphatic heterocycles. The topological polar surface area (TPSA) is 10.4 Å². The standard InChI is InChI=1S/C23H20BF2N3S/c1-27(2)18-12-14-19(15-13-18)28-21(17-8-4-3-5-9-17)16-23-29(24(28,25)26)20-10-6-7-11-22(20)30-23/h3-16H,1-2H3. The number of halogens is 2. The van der Waals surface area contributed by atoms with Gasteiger partial charge in [0.15, 0.2) is 5.52 Å². The van der Waals surface area contributed by atoms with E-state index in [0.717, 1.165) is 16.0 Å². The molecule has 1 aliphatic rings. The van der Waals surface area contributed by atoms with E-state index in [1.165, 1.54) is 20.6 Å². The summed E-state index contributed by atoms with van der Waals surface area (Å²) >= 11 is 1.39. The van der Waals surface area contributed by atoms with Crippen molar-refractivity contribution in [3.63, 3.8) is 0 Å². The predicted octanol–water partition coefficient (Wildman–Crippen LogP) is 5.50. The van der Waals surface area contributed by atoms with Crippen LogP contribution in [-0.2, 0) is 0 Å². The molecule has 0 saturated carbocycles. The van der Waals surface area contributed by atoms with Crippen LogP contribution in [0.15, 0.2) is 78.9 Å². The predicted molar refractivity (Wildman–Crippen MR) is 123 cm³/mol. The Bertz CT molecular complexity index is 1250. The SMILES string of the molecule is CN(C)c1ccc(N2C(c3ccccc3)=Cc3sc4ccccc4[n+]3[B-]2(F)F)cc1. The molecule has 4 aromatic rings. The Morgan fingerprint density at radius 2 is 1.53 bits per heavy atom. The molecule has 5 rings (SSSR count). The van der Waals surface area contributed by atoms with Crippen LogP contribution in [0.5, 0.6) is 0 Å². The molecule has 0 fully saturated rings. The van der Waals surface area contributed by atoms with E-state index >= 15 is 8.63 Å². The van der Waals surface area contributed by atoms with Gasteiger partial charge in [-0.1, -0.05) is 53.8 Å². The molecule has 0 aliphatic carbocycles. The third-order valence-electron chi connectivity index (χ3n) is 5.43. The van der Waals surface area contributed by atoms with Crippen molar-refractivity contribution >= 4 is 51.7 Å². The van der Waals surface area contributed by atoms with Crippen molar-refractivity contribution in [1.29, 1.82) is 0 Å². The summed E-state index contributed by atoms with van der Waals surface area (Å²) in [4.78, 5) is 3.15. The first-order chi connectivity index (χ1) is 14.5. The zero-order valence-corrected chi connectivity index (χ0v) is 17.5. The number of benzene rings is 3. The van der Waals surface area contributed by atoms with Crippen molar-refractivity contribution in [2.75, 3.05) is 23.8 Å². The molecule has 3 nitrogen and oxygen atoms in total. The molecule has 0 unspecified atom stereocenters. The van der Waals surface area contributed by atoms with E-state index in [1.54, 1.807) is 24.3 Å². The summed E-state index contributed by atoms with van der Waals surface area (Å²) in [7, 11) is 3.87. The van der Waals surface area contributed by atoms with Crippen LogP contribution in [0, 0.1) is 0 Å². The molecule has 2 heterocycles. The maximum Gasteiger partial charge on any atom is 0.738 e. The van der Waals surface area contributed by atoms with E-state index < -0.39 is 6.97 Å². The van der Waals surface area contributed by atoms with Gasteiger partial charge in [0, 0.05) is 43.3 Å². The summed E-state index contributed by atoms with van der Waals surface area (Å²) in [6.45, 7) is -4.10. The average Bonchev–Trinajstić information content (AvgIpc) is 3.13. The van der Waals surface area contributed by atoms with Gasteiger partial charge in [-0.05, 0) is 35.9 Å². The minimum Gasteiger partial charge on any atom is -0.390 e. The maximum atomic E-state index is 16.2. The normalized spacial score (nSPS) is 15.1. The van der Waals surface area contributed by atoms with Crippen molar-refractivity contribution in [3.8, 4) is 0 Å². The van der Waals surface area contributed by atoms with Gasteiger partial charge in [0.2, 0.25) is 5.01 Å². The highest BCUT2D eigenvalue weighted by Crippen LogP contribution is 2.39. The molecule has 7 heteroatoms. The van der Waals surface area contributed by atoms with E-state index in [-0.39, 0.29) is 0 Å². The molecule has 0 saturated heterocycles. The first-order valence-electron chi connectivity index (χ1n) is 9.76. The number of nitrogens with zero attached hydrogens (tertiary/aromatic N) is 3. The number of thiazole rings is 1. The number of fused-ring (bicyclic) bond motifs is 3. The van der Waals surface area contributed by atoms with Crippen molar-refractivity contribution in [1.82, 2.24) is 0 Å². The summed E-state index contributed by atoms with van der Waals surface area (Å²) in [5.74, 6) is 0. The van der Waals surface area contributed by atoms with E-state index in [0.29, 0.717) is 21.9 Å². The zero-order chi connectivity index (χ0) is 20.9. The lowest BCUT2D eigenvalue weighted by atomic mass is 9.86. The van der Waals surface area contributed by atoms with Crippen molar-refractivity contribution < 1.29 is 13.1 Å². The molecule has 0 amide bonds. The lowest BCUT2D eigenvalue weighted by Gasteiger charge is -2.39. The highest BCUT2D eigenvalue weighted by Gasteiger charge is 2.54. The molecule has 150 valence electrons. The second-order valence-corrected chi connectivity index (χ2v) is 8.60. The van der Waals surface area contributed by atoms with Crippen molar-refractivity contribution in [2.45, 2.75) is 0 Å². The number of para-hydroxylation sites is 1. The van der Waals surface area contributed by atoms with Crippen molar-refractivity contribution in [2.24, 2.45) is 0 Å². The summed E-state index contributed by atoms with van der Waals surface area (Å²) in [5, 5.41) is 0.557. The summed E-state index contributed by atoms with van der Waals surface area (Å²) in [6.07, 6.45) is 1.87. The largest absolute Gasteiger partial charge is 0.738 e. The Hall–Kier alpha value is -3.19. The first-order valence-corrected chi connectivity index (χ1v) is 10.6. The number of aromatic nitrogens is 1. The lowest BCUT2D eigenvalue weighted by molar-refractivity contribution is -0.535. The van der Waals surface area contributed by atoms with Gasteiger partial charge in [-0.3, -0.25) is 0 Å². The van der Waals surface area contributed by atoms with E-state index in [4.69, 9.17) is 0 Å². The quantitative estimate of drug-likeness (QED) is 0.406. The highest BCUT2D eigenvalue weighted by atomic mass is 32.1. The van der Waals surface area contributed by atoms with Gasteiger partial charge in [-0.2, -0.15) is 0 Å². The van der Waals surface area contributed by atoms with Crippen LogP contribution < -0.4 is 14.2 Å². The molecule has 0 radical (unpaired) electrons. The second-order valence-electron chi connectivity index (χ2n) is 7.54. The van der Waals surface area contributed by atoms with Crippen LogP contribution >= 0.6 is 11.3 Å². The van der Waals surface area contributed by atoms with Gasteiger partial charge in [0.1, 0.15) is 0 Å². The molecular formula is C23H20BF2N3S. The van der Waals surface area contributed by atoms with Gasteiger partial charge >= 0.3 is 6.97 Å². The Kier molecular flexibility index (Phi) is 4.36. The molecule has 30 heavy (non-hydrogen) atoms. The second kappa shape index (κ2) is 6.95. The molecule has 3 aromatic carbocycles. The summed E-state index contributed by atoms with van der Waals surface area (Å²) < 4.78 is 34.5. The van der Waals surface area contributed by atoms with Crippen LogP contribution in [0.1, 0.15) is 10.6 Å². The number of hydrogen-bond donors (Lipinski definition) is 0. The van der Waals surface area contributed by atoms with Crippen LogP contribution in [-0.4, -0.2) is 21.1 Å². The fourth-order valence-corrected chi connectivity index (χ4v) is 5.11. The third-order valence-corrected chi connectivity index (χ3v) is 6.52. The van der Waals surface area contributed by atoms with Gasteiger partial charge in [0.05, 0.1) is 4.70 Å². The van der Waals surface area contributed by atoms with Crippen molar-refractivity contribution in [3.05, 3.63) is 89.4 Å². The third kappa shape index (κ3) is 2.89. The molecule has 0 bridgehead atoms. The zero-order valence-electron chi connectivity index (χ0n) is 16.7. The maximum absolute atomic E-state index is 16.2. The Balaban J connectivity index is 1.76. The van der Waals surface area contributed by atoms with Gasteiger partial charge < -0.3 is 22.8 Å². The van der Waals surface area contributed by atoms with Gasteiger partial charge in [-0.15, -0.1) is 0 Å². The Morgan fingerprint density at radius 1 is 0.867 bits per heavy atom. The monoisotopic (exact) mass is 419 g/mol. The van der Waals surface area contributed by atoms with E-state index in [2.05, 4.69) is 0 Å². The molecular weight excluding hydrogens is 399 g/mol. The molecule has 0 spiro atoms. The molecule has 0 N–H and O–H groups in total. The first kappa shape index (κ1) is 18.8. The summed E-state index contributed by atoms with van der Waals surface area (Å²) in [6, 6.07) is 24.0. The fraction of sp³-hybridized carbons (Fsp3) is 0.0870. The van der Waals surface area contributed by atoms with Gasteiger partial charge in [0.25, 0.3) is 0 Å². The highest BCUT2D eigenvalue weighted by molar-refractivity contribution is 7.19. The molecule has 1 aromatic heterocycles. The smallest absolute Gasteiger partial charge is 0.390 e. The lowest BCUT2D eigenvalue weighted by Crippen LogP contribution is -2.71. The van der Waals surface area contributed by atoms with Crippen LogP contribution in [0.3, 0.4) is 0 Å². The van der Waals surface area contributed by atoms with Gasteiger partial charge in [-0.25, -0.2) is 0 Å². The molecule has 0 atom stereocenters. The minimum atomic E-state index is -4.10. The van der Waals surface area contributed by atoms with E-state index in [9.17, 15) is 0 Å². The minimum absolute atomic E-state index is 0.467. The summed E-state index contributed by atoms with van der Waals surface area (Å²) in [5.41, 5.74) is 3.25. The van der Waals surface area contributed by atoms with Crippen LogP contribution in [0.2, 0.25) is 0 Å². The fourth-order valence-electron chi connectivity index (χ4n) is 3.97. The number of anilines is 2. The number of hydrogen-bond acceptors (Lipinski definition) is 3. The Labute approximate surface area is 178 Å². The van der Waals surface area contributed by atoms with Crippen LogP contribution in [0.4, 0.5) is 20.0 Å².